The Bertz CT molecular complexity index is 544. The predicted molar refractivity (Wildman–Crippen MR) is 98.2 cm³/mol. The number of carbonyl (C=O) groups is 1. The lowest BCUT2D eigenvalue weighted by molar-refractivity contribution is -0.123. The average Bonchev–Trinajstić information content (AvgIpc) is 3.02. The molecule has 24 heavy (non-hydrogen) atoms. The zero-order valence-electron chi connectivity index (χ0n) is 15.4. The Labute approximate surface area is 148 Å². The van der Waals surface area contributed by atoms with E-state index in [2.05, 4.69) is 20.6 Å². The Morgan fingerprint density at radius 1 is 1.38 bits per heavy atom. The summed E-state index contributed by atoms with van der Waals surface area (Å²) in [5.74, 6) is 0.825. The standard InChI is InChI=1S/C16H29N5O2S/c1-11(2)14(22)18-7-8-19-16(17-4)21(5)9-13-10-24-15(20-13)12(3)23-6/h10-12H,7-9H2,1-6H3,(H,17,19)(H,18,22). The molecule has 1 aromatic heterocycles. The molecule has 1 amide bonds. The van der Waals surface area contributed by atoms with Crippen molar-refractivity contribution in [2.24, 2.45) is 10.9 Å². The summed E-state index contributed by atoms with van der Waals surface area (Å²) in [6, 6.07) is 0. The summed E-state index contributed by atoms with van der Waals surface area (Å²) in [7, 11) is 5.38. The molecule has 8 heteroatoms. The van der Waals surface area contributed by atoms with Crippen molar-refractivity contribution in [3.05, 3.63) is 16.1 Å². The molecular formula is C16H29N5O2S. The minimum atomic E-state index is 0.000314. The number of carbonyl (C=O) groups excluding carboxylic acids is 1. The van der Waals surface area contributed by atoms with Crippen LogP contribution in [-0.4, -0.2) is 56.0 Å². The highest BCUT2D eigenvalue weighted by Gasteiger charge is 2.12. The highest BCUT2D eigenvalue weighted by atomic mass is 32.1. The fourth-order valence-electron chi connectivity index (χ4n) is 1.95. The van der Waals surface area contributed by atoms with Crippen LogP contribution in [0.3, 0.4) is 0 Å². The van der Waals surface area contributed by atoms with Gasteiger partial charge in [-0.05, 0) is 6.92 Å². The topological polar surface area (TPSA) is 78.9 Å². The molecule has 0 saturated heterocycles. The Morgan fingerprint density at radius 3 is 2.62 bits per heavy atom. The van der Waals surface area contributed by atoms with E-state index in [0.717, 1.165) is 16.7 Å². The monoisotopic (exact) mass is 355 g/mol. The second-order valence-corrected chi connectivity index (χ2v) is 6.72. The van der Waals surface area contributed by atoms with Crippen molar-refractivity contribution >= 4 is 23.2 Å². The second-order valence-electron chi connectivity index (χ2n) is 5.83. The SMILES string of the molecule is CN=C(NCCNC(=O)C(C)C)N(C)Cc1csc(C(C)OC)n1. The molecule has 0 bridgehead atoms. The van der Waals surface area contributed by atoms with E-state index in [1.54, 1.807) is 25.5 Å². The van der Waals surface area contributed by atoms with E-state index >= 15 is 0 Å². The van der Waals surface area contributed by atoms with Crippen LogP contribution in [0.1, 0.15) is 37.6 Å². The molecule has 0 spiro atoms. The van der Waals surface area contributed by atoms with Gasteiger partial charge in [0.1, 0.15) is 11.1 Å². The Hall–Kier alpha value is -1.67. The van der Waals surface area contributed by atoms with E-state index in [-0.39, 0.29) is 17.9 Å². The summed E-state index contributed by atoms with van der Waals surface area (Å²) in [4.78, 5) is 22.4. The Balaban J connectivity index is 2.45. The molecule has 0 aliphatic rings. The Morgan fingerprint density at radius 2 is 2.04 bits per heavy atom. The maximum Gasteiger partial charge on any atom is 0.222 e. The number of hydrogen-bond acceptors (Lipinski definition) is 5. The number of nitrogens with one attached hydrogen (secondary N) is 2. The lowest BCUT2D eigenvalue weighted by Crippen LogP contribution is -2.42. The van der Waals surface area contributed by atoms with Gasteiger partial charge in [0.2, 0.25) is 5.91 Å². The van der Waals surface area contributed by atoms with E-state index in [0.29, 0.717) is 19.6 Å². The molecule has 0 saturated carbocycles. The molecule has 2 N–H and O–H groups in total. The normalized spacial score (nSPS) is 13.0. The molecule has 1 atom stereocenters. The van der Waals surface area contributed by atoms with Gasteiger partial charge >= 0.3 is 0 Å². The molecule has 1 heterocycles. The van der Waals surface area contributed by atoms with Gasteiger partial charge in [0, 0.05) is 45.6 Å². The van der Waals surface area contributed by atoms with E-state index in [1.807, 2.05) is 38.1 Å². The van der Waals surface area contributed by atoms with Gasteiger partial charge < -0.3 is 20.3 Å². The number of guanidine groups is 1. The van der Waals surface area contributed by atoms with Crippen molar-refractivity contribution < 1.29 is 9.53 Å². The number of amides is 1. The first-order valence-electron chi connectivity index (χ1n) is 8.05. The summed E-state index contributed by atoms with van der Waals surface area (Å²) in [5, 5.41) is 9.12. The number of hydrogen-bond donors (Lipinski definition) is 2. The third-order valence-corrected chi connectivity index (χ3v) is 4.53. The fraction of sp³-hybridized carbons (Fsp3) is 0.688. The third kappa shape index (κ3) is 6.45. The van der Waals surface area contributed by atoms with Crippen LogP contribution < -0.4 is 10.6 Å². The van der Waals surface area contributed by atoms with Crippen LogP contribution in [0.15, 0.2) is 10.4 Å². The first-order valence-corrected chi connectivity index (χ1v) is 8.93. The maximum absolute atomic E-state index is 11.5. The molecule has 0 radical (unpaired) electrons. The molecular weight excluding hydrogens is 326 g/mol. The first-order chi connectivity index (χ1) is 11.4. The highest BCUT2D eigenvalue weighted by Crippen LogP contribution is 2.20. The van der Waals surface area contributed by atoms with E-state index in [9.17, 15) is 4.79 Å². The van der Waals surface area contributed by atoms with Gasteiger partial charge in [-0.1, -0.05) is 13.8 Å². The summed E-state index contributed by atoms with van der Waals surface area (Å²) in [6.45, 7) is 7.59. The van der Waals surface area contributed by atoms with Crippen LogP contribution in [0.4, 0.5) is 0 Å². The number of aliphatic imine (C=N–C) groups is 1. The lowest BCUT2D eigenvalue weighted by atomic mass is 10.2. The zero-order chi connectivity index (χ0) is 18.1. The Kier molecular flexibility index (Phi) is 8.70. The average molecular weight is 356 g/mol. The van der Waals surface area contributed by atoms with Crippen LogP contribution in [0.25, 0.3) is 0 Å². The van der Waals surface area contributed by atoms with Gasteiger partial charge in [-0.2, -0.15) is 0 Å². The molecule has 1 aromatic rings. The minimum Gasteiger partial charge on any atom is -0.375 e. The van der Waals surface area contributed by atoms with Crippen molar-refractivity contribution in [3.8, 4) is 0 Å². The number of nitrogens with zero attached hydrogens (tertiary/aromatic N) is 3. The fourth-order valence-corrected chi connectivity index (χ4v) is 2.79. The lowest BCUT2D eigenvalue weighted by Gasteiger charge is -2.21. The van der Waals surface area contributed by atoms with E-state index in [1.165, 1.54) is 0 Å². The van der Waals surface area contributed by atoms with Crippen molar-refractivity contribution in [2.45, 2.75) is 33.4 Å². The number of ether oxygens (including phenoxy) is 1. The number of rotatable bonds is 8. The van der Waals surface area contributed by atoms with Crippen molar-refractivity contribution in [3.63, 3.8) is 0 Å². The summed E-state index contributed by atoms with van der Waals surface area (Å²) in [5.41, 5.74) is 0.984. The molecule has 1 unspecified atom stereocenters. The number of aromatic nitrogens is 1. The van der Waals surface area contributed by atoms with Gasteiger partial charge in [0.25, 0.3) is 0 Å². The minimum absolute atomic E-state index is 0.000314. The number of methoxy groups -OCH3 is 1. The largest absolute Gasteiger partial charge is 0.375 e. The van der Waals surface area contributed by atoms with Gasteiger partial charge in [-0.3, -0.25) is 9.79 Å². The molecule has 7 nitrogen and oxygen atoms in total. The molecule has 1 rings (SSSR count). The summed E-state index contributed by atoms with van der Waals surface area (Å²) in [6.07, 6.45) is 0.0102. The van der Waals surface area contributed by atoms with Crippen LogP contribution >= 0.6 is 11.3 Å². The van der Waals surface area contributed by atoms with Crippen LogP contribution in [0.5, 0.6) is 0 Å². The van der Waals surface area contributed by atoms with E-state index in [4.69, 9.17) is 4.74 Å². The van der Waals surface area contributed by atoms with Crippen molar-refractivity contribution in [1.82, 2.24) is 20.5 Å². The third-order valence-electron chi connectivity index (χ3n) is 3.48. The predicted octanol–water partition coefficient (Wildman–Crippen LogP) is 1.63. The van der Waals surface area contributed by atoms with Crippen LogP contribution in [-0.2, 0) is 16.1 Å². The zero-order valence-corrected chi connectivity index (χ0v) is 16.2. The van der Waals surface area contributed by atoms with Gasteiger partial charge in [0.15, 0.2) is 5.96 Å². The highest BCUT2D eigenvalue weighted by molar-refractivity contribution is 7.09. The summed E-state index contributed by atoms with van der Waals surface area (Å²) < 4.78 is 5.29. The van der Waals surface area contributed by atoms with Gasteiger partial charge in [0.05, 0.1) is 12.2 Å². The maximum atomic E-state index is 11.5. The van der Waals surface area contributed by atoms with Crippen molar-refractivity contribution in [2.75, 3.05) is 34.3 Å². The molecule has 0 aliphatic heterocycles. The quantitative estimate of drug-likeness (QED) is 0.421. The molecule has 0 aromatic carbocycles. The molecule has 0 fully saturated rings. The van der Waals surface area contributed by atoms with Crippen molar-refractivity contribution in [1.29, 1.82) is 0 Å². The van der Waals surface area contributed by atoms with E-state index < -0.39 is 0 Å². The first kappa shape index (κ1) is 20.4. The van der Waals surface area contributed by atoms with Gasteiger partial charge in [-0.15, -0.1) is 11.3 Å². The second kappa shape index (κ2) is 10.2. The summed E-state index contributed by atoms with van der Waals surface area (Å²) >= 11 is 1.60. The molecule has 136 valence electrons. The van der Waals surface area contributed by atoms with Crippen LogP contribution in [0, 0.1) is 5.92 Å². The molecule has 0 aliphatic carbocycles. The van der Waals surface area contributed by atoms with Gasteiger partial charge in [-0.25, -0.2) is 4.98 Å². The van der Waals surface area contributed by atoms with Crippen LogP contribution in [0.2, 0.25) is 0 Å². The number of thiazole rings is 1. The smallest absolute Gasteiger partial charge is 0.222 e.